The maximum atomic E-state index is 13.4. The van der Waals surface area contributed by atoms with Gasteiger partial charge < -0.3 is 5.11 Å². The number of benzene rings is 3. The number of rotatable bonds is 5. The molecule has 0 unspecified atom stereocenters. The Kier molecular flexibility index (Phi) is 6.35. The highest BCUT2D eigenvalue weighted by atomic mass is 35.5. The van der Waals surface area contributed by atoms with Crippen LogP contribution >= 0.6 is 46.4 Å². The monoisotopic (exact) mass is 506 g/mol. The third-order valence-corrected chi connectivity index (χ3v) is 5.91. The molecule has 0 saturated heterocycles. The molecule has 1 aromatic heterocycles. The van der Waals surface area contributed by atoms with E-state index in [9.17, 15) is 14.7 Å². The standard InChI is InChI=1S/C23H14Cl4N2O3/c24-14-3-7-17(8-4-14)28-22(31)21(20(30)11-13-1-2-16(26)12-19(13)27)23(32)29(28)18-9-5-15(25)6-10-18/h1-10,12,31H,11H2. The quantitative estimate of drug-likeness (QED) is 0.319. The molecule has 5 nitrogen and oxygen atoms in total. The summed E-state index contributed by atoms with van der Waals surface area (Å²) in [5.41, 5.74) is 0.281. The Hall–Kier alpha value is -2.70. The van der Waals surface area contributed by atoms with Gasteiger partial charge in [-0.25, -0.2) is 9.36 Å². The Bertz CT molecular complexity index is 1370. The second-order valence-electron chi connectivity index (χ2n) is 6.92. The molecular weight excluding hydrogens is 494 g/mol. The Balaban J connectivity index is 1.89. The van der Waals surface area contributed by atoms with Crippen LogP contribution in [0.15, 0.2) is 71.5 Å². The number of aromatic hydroxyl groups is 1. The van der Waals surface area contributed by atoms with Crippen LogP contribution in [-0.2, 0) is 6.42 Å². The number of aromatic nitrogens is 2. The topological polar surface area (TPSA) is 64.2 Å². The van der Waals surface area contributed by atoms with Crippen molar-refractivity contribution < 1.29 is 9.90 Å². The van der Waals surface area contributed by atoms with Crippen LogP contribution in [0.4, 0.5) is 0 Å². The summed E-state index contributed by atoms with van der Waals surface area (Å²) in [6.45, 7) is 0. The molecule has 0 amide bonds. The summed E-state index contributed by atoms with van der Waals surface area (Å²) in [5, 5.41) is 12.7. The van der Waals surface area contributed by atoms with Gasteiger partial charge in [-0.15, -0.1) is 0 Å². The second kappa shape index (κ2) is 9.04. The maximum absolute atomic E-state index is 13.4. The molecule has 1 N–H and O–H groups in total. The van der Waals surface area contributed by atoms with Crippen molar-refractivity contribution in [3.8, 4) is 17.3 Å². The molecule has 0 radical (unpaired) electrons. The average Bonchev–Trinajstić information content (AvgIpc) is 3.01. The number of Topliss-reactive ketones (excluding diaryl/α,β-unsaturated/α-hetero) is 1. The van der Waals surface area contributed by atoms with Crippen molar-refractivity contribution >= 4 is 52.2 Å². The Labute approximate surface area is 202 Å². The molecule has 0 bridgehead atoms. The van der Waals surface area contributed by atoms with E-state index in [1.807, 2.05) is 0 Å². The van der Waals surface area contributed by atoms with Crippen molar-refractivity contribution in [2.24, 2.45) is 0 Å². The number of carbonyl (C=O) groups excluding carboxylic acids is 1. The molecule has 0 saturated carbocycles. The van der Waals surface area contributed by atoms with Gasteiger partial charge in [-0.05, 0) is 66.2 Å². The molecule has 162 valence electrons. The van der Waals surface area contributed by atoms with Gasteiger partial charge in [0.1, 0.15) is 5.56 Å². The van der Waals surface area contributed by atoms with Gasteiger partial charge in [0, 0.05) is 26.5 Å². The fourth-order valence-corrected chi connectivity index (χ4v) is 4.03. The van der Waals surface area contributed by atoms with Crippen molar-refractivity contribution in [2.75, 3.05) is 0 Å². The number of hydrogen-bond donors (Lipinski definition) is 1. The second-order valence-corrected chi connectivity index (χ2v) is 8.63. The van der Waals surface area contributed by atoms with E-state index < -0.39 is 17.2 Å². The molecule has 9 heteroatoms. The molecule has 0 aliphatic carbocycles. The van der Waals surface area contributed by atoms with Gasteiger partial charge >= 0.3 is 0 Å². The van der Waals surface area contributed by atoms with Crippen LogP contribution < -0.4 is 5.56 Å². The van der Waals surface area contributed by atoms with Crippen LogP contribution in [0.3, 0.4) is 0 Å². The van der Waals surface area contributed by atoms with Crippen molar-refractivity contribution in [3.05, 3.63) is 108 Å². The molecule has 3 aromatic carbocycles. The predicted molar refractivity (Wildman–Crippen MR) is 128 cm³/mol. The van der Waals surface area contributed by atoms with Crippen LogP contribution in [0.1, 0.15) is 15.9 Å². The van der Waals surface area contributed by atoms with Gasteiger partial charge in [-0.1, -0.05) is 52.5 Å². The lowest BCUT2D eigenvalue weighted by atomic mass is 10.0. The van der Waals surface area contributed by atoms with E-state index in [1.165, 1.54) is 15.4 Å². The van der Waals surface area contributed by atoms with Gasteiger partial charge in [0.2, 0.25) is 5.88 Å². The predicted octanol–water partition coefficient (Wildman–Crippen LogP) is 6.37. The zero-order valence-corrected chi connectivity index (χ0v) is 19.3. The summed E-state index contributed by atoms with van der Waals surface area (Å²) in [6.07, 6.45) is -0.190. The molecular formula is C23H14Cl4N2O3. The van der Waals surface area contributed by atoms with E-state index in [-0.39, 0.29) is 12.0 Å². The molecule has 32 heavy (non-hydrogen) atoms. The smallest absolute Gasteiger partial charge is 0.286 e. The highest BCUT2D eigenvalue weighted by Crippen LogP contribution is 2.27. The van der Waals surface area contributed by atoms with E-state index in [4.69, 9.17) is 46.4 Å². The molecule has 4 rings (SSSR count). The van der Waals surface area contributed by atoms with E-state index in [1.54, 1.807) is 60.7 Å². The molecule has 4 aromatic rings. The lowest BCUT2D eigenvalue weighted by Gasteiger charge is -2.12. The Morgan fingerprint density at radius 3 is 1.78 bits per heavy atom. The van der Waals surface area contributed by atoms with E-state index in [0.29, 0.717) is 37.0 Å². The first-order chi connectivity index (χ1) is 15.3. The van der Waals surface area contributed by atoms with E-state index in [0.717, 1.165) is 0 Å². The molecule has 0 aliphatic rings. The van der Waals surface area contributed by atoms with Crippen molar-refractivity contribution in [1.82, 2.24) is 9.36 Å². The fourth-order valence-electron chi connectivity index (χ4n) is 3.30. The summed E-state index contributed by atoms with van der Waals surface area (Å²) in [5.74, 6) is -1.09. The first kappa shape index (κ1) is 22.5. The number of ketones is 1. The summed E-state index contributed by atoms with van der Waals surface area (Å²) in [7, 11) is 0. The minimum atomic E-state index is -0.685. The van der Waals surface area contributed by atoms with Gasteiger partial charge in [-0.3, -0.25) is 9.59 Å². The van der Waals surface area contributed by atoms with Crippen LogP contribution in [0.5, 0.6) is 5.88 Å². The Morgan fingerprint density at radius 1 is 0.750 bits per heavy atom. The molecule has 0 fully saturated rings. The summed E-state index contributed by atoms with van der Waals surface area (Å²) in [6, 6.07) is 17.6. The van der Waals surface area contributed by atoms with Crippen LogP contribution in [-0.4, -0.2) is 20.3 Å². The van der Waals surface area contributed by atoms with Crippen molar-refractivity contribution in [3.63, 3.8) is 0 Å². The lowest BCUT2D eigenvalue weighted by molar-refractivity contribution is 0.0989. The van der Waals surface area contributed by atoms with Gasteiger partial charge in [0.05, 0.1) is 11.4 Å². The average molecular weight is 508 g/mol. The summed E-state index contributed by atoms with van der Waals surface area (Å²) >= 11 is 24.1. The fraction of sp³-hybridized carbons (Fsp3) is 0.0435. The van der Waals surface area contributed by atoms with Crippen LogP contribution in [0.2, 0.25) is 20.1 Å². The lowest BCUT2D eigenvalue weighted by Crippen LogP contribution is -2.23. The summed E-state index contributed by atoms with van der Waals surface area (Å²) in [4.78, 5) is 26.5. The first-order valence-corrected chi connectivity index (χ1v) is 10.8. The number of halogens is 4. The van der Waals surface area contributed by atoms with Gasteiger partial charge in [0.15, 0.2) is 5.78 Å². The first-order valence-electron chi connectivity index (χ1n) is 9.32. The van der Waals surface area contributed by atoms with Crippen molar-refractivity contribution in [1.29, 1.82) is 0 Å². The van der Waals surface area contributed by atoms with Crippen molar-refractivity contribution in [2.45, 2.75) is 6.42 Å². The highest BCUT2D eigenvalue weighted by Gasteiger charge is 2.27. The normalized spacial score (nSPS) is 11.0. The maximum Gasteiger partial charge on any atom is 0.286 e. The van der Waals surface area contributed by atoms with E-state index in [2.05, 4.69) is 0 Å². The third-order valence-electron chi connectivity index (χ3n) is 4.82. The largest absolute Gasteiger partial charge is 0.493 e. The van der Waals surface area contributed by atoms with Crippen LogP contribution in [0, 0.1) is 0 Å². The third kappa shape index (κ3) is 4.30. The van der Waals surface area contributed by atoms with Crippen LogP contribution in [0.25, 0.3) is 11.4 Å². The zero-order valence-electron chi connectivity index (χ0n) is 16.2. The molecule has 0 atom stereocenters. The minimum absolute atomic E-state index is 0.190. The van der Waals surface area contributed by atoms with Gasteiger partial charge in [-0.2, -0.15) is 0 Å². The Morgan fingerprint density at radius 2 is 1.25 bits per heavy atom. The number of carbonyl (C=O) groups is 1. The number of hydrogen-bond acceptors (Lipinski definition) is 3. The zero-order chi connectivity index (χ0) is 23.0. The van der Waals surface area contributed by atoms with Gasteiger partial charge in [0.25, 0.3) is 5.56 Å². The molecule has 1 heterocycles. The molecule has 0 aliphatic heterocycles. The summed E-state index contributed by atoms with van der Waals surface area (Å²) < 4.78 is 2.45. The SMILES string of the molecule is O=C(Cc1ccc(Cl)cc1Cl)c1c(O)n(-c2ccc(Cl)cc2)n(-c2ccc(Cl)cc2)c1=O. The number of nitrogens with zero attached hydrogens (tertiary/aromatic N) is 2. The molecule has 0 spiro atoms. The van der Waals surface area contributed by atoms with E-state index >= 15 is 0 Å². The minimum Gasteiger partial charge on any atom is -0.493 e. The highest BCUT2D eigenvalue weighted by molar-refractivity contribution is 6.35.